The molecule has 0 unspecified atom stereocenters. The van der Waals surface area contributed by atoms with E-state index in [9.17, 15) is 9.59 Å². The molecule has 4 heteroatoms. The van der Waals surface area contributed by atoms with Gasteiger partial charge in [-0.15, -0.1) is 0 Å². The number of rotatable bonds is 10. The first kappa shape index (κ1) is 24.6. The van der Waals surface area contributed by atoms with Crippen LogP contribution in [0.25, 0.3) is 0 Å². The molecule has 0 aliphatic heterocycles. The fraction of sp³-hybridized carbons (Fsp3) is 0.913. The molecule has 0 heterocycles. The first-order chi connectivity index (χ1) is 12.4. The molecule has 0 spiro atoms. The molecule has 1 rings (SSSR count). The predicted octanol–water partition coefficient (Wildman–Crippen LogP) is 6.42. The molecule has 4 atom stereocenters. The normalized spacial score (nSPS) is 25.5. The molecule has 1 aliphatic rings. The van der Waals surface area contributed by atoms with E-state index in [1.165, 1.54) is 0 Å². The molecule has 0 N–H and O–H groups in total. The zero-order chi connectivity index (χ0) is 20.9. The molecule has 0 aromatic heterocycles. The Morgan fingerprint density at radius 2 is 1.56 bits per heavy atom. The van der Waals surface area contributed by atoms with Crippen LogP contribution in [-0.2, 0) is 14.0 Å². The van der Waals surface area contributed by atoms with E-state index in [4.69, 9.17) is 4.43 Å². The van der Waals surface area contributed by atoms with Crippen molar-refractivity contribution in [3.05, 3.63) is 0 Å². The lowest BCUT2D eigenvalue weighted by molar-refractivity contribution is -0.134. The number of Topliss-reactive ketones (excluding diaryl/α,β-unsaturated/α-hetero) is 2. The van der Waals surface area contributed by atoms with Gasteiger partial charge in [-0.3, -0.25) is 4.79 Å². The third-order valence-electron chi connectivity index (χ3n) is 7.15. The van der Waals surface area contributed by atoms with Gasteiger partial charge in [-0.2, -0.15) is 0 Å². The van der Waals surface area contributed by atoms with Gasteiger partial charge >= 0.3 is 0 Å². The molecule has 158 valence electrons. The van der Waals surface area contributed by atoms with Crippen molar-refractivity contribution in [2.24, 2.45) is 23.7 Å². The van der Waals surface area contributed by atoms with Crippen molar-refractivity contribution < 1.29 is 14.0 Å². The molecule has 27 heavy (non-hydrogen) atoms. The third-order valence-corrected chi connectivity index (χ3v) is 13.2. The van der Waals surface area contributed by atoms with Crippen molar-refractivity contribution in [3.63, 3.8) is 0 Å². The second-order valence-corrected chi connectivity index (χ2v) is 15.5. The van der Waals surface area contributed by atoms with Crippen molar-refractivity contribution in [2.75, 3.05) is 6.61 Å². The van der Waals surface area contributed by atoms with Gasteiger partial charge in [0.05, 0.1) is 0 Å². The summed E-state index contributed by atoms with van der Waals surface area (Å²) < 4.78 is 6.77. The average molecular weight is 397 g/mol. The Balaban J connectivity index is 2.84. The van der Waals surface area contributed by atoms with Gasteiger partial charge in [-0.05, 0) is 54.6 Å². The predicted molar refractivity (Wildman–Crippen MR) is 116 cm³/mol. The monoisotopic (exact) mass is 396 g/mol. The summed E-state index contributed by atoms with van der Waals surface area (Å²) >= 11 is 0. The lowest BCUT2D eigenvalue weighted by atomic mass is 9.68. The van der Waals surface area contributed by atoms with E-state index in [1.807, 2.05) is 0 Å². The summed E-state index contributed by atoms with van der Waals surface area (Å²) in [6.45, 7) is 20.5. The van der Waals surface area contributed by atoms with Crippen LogP contribution < -0.4 is 0 Å². The summed E-state index contributed by atoms with van der Waals surface area (Å²) in [4.78, 5) is 24.6. The van der Waals surface area contributed by atoms with E-state index >= 15 is 0 Å². The van der Waals surface area contributed by atoms with Crippen LogP contribution in [0.1, 0.15) is 88.0 Å². The lowest BCUT2D eigenvalue weighted by Gasteiger charge is -2.44. The summed E-state index contributed by atoms with van der Waals surface area (Å²) in [7, 11) is -1.89. The number of carbonyl (C=O) groups excluding carboxylic acids is 2. The van der Waals surface area contributed by atoms with Gasteiger partial charge in [0.25, 0.3) is 0 Å². The first-order valence-corrected chi connectivity index (χ1v) is 13.3. The summed E-state index contributed by atoms with van der Waals surface area (Å²) in [6.07, 6.45) is 3.32. The molecular formula is C23H44O3Si. The fourth-order valence-electron chi connectivity index (χ4n) is 5.58. The van der Waals surface area contributed by atoms with Crippen LogP contribution in [0.3, 0.4) is 0 Å². The highest BCUT2D eigenvalue weighted by molar-refractivity contribution is 6.77. The summed E-state index contributed by atoms with van der Waals surface area (Å²) in [5.74, 6) is 1.38. The molecule has 3 nitrogen and oxygen atoms in total. The van der Waals surface area contributed by atoms with Crippen molar-refractivity contribution in [2.45, 2.75) is 105 Å². The zero-order valence-corrected chi connectivity index (χ0v) is 20.3. The van der Waals surface area contributed by atoms with Gasteiger partial charge in [0.15, 0.2) is 8.32 Å². The Kier molecular flexibility index (Phi) is 9.40. The van der Waals surface area contributed by atoms with Gasteiger partial charge in [-0.1, -0.05) is 55.4 Å². The van der Waals surface area contributed by atoms with E-state index < -0.39 is 8.32 Å². The highest BCUT2D eigenvalue weighted by Gasteiger charge is 2.46. The van der Waals surface area contributed by atoms with E-state index in [0.29, 0.717) is 41.4 Å². The van der Waals surface area contributed by atoms with Crippen LogP contribution in [0.5, 0.6) is 0 Å². The van der Waals surface area contributed by atoms with Crippen LogP contribution in [0.2, 0.25) is 16.6 Å². The van der Waals surface area contributed by atoms with Crippen LogP contribution in [0.15, 0.2) is 0 Å². The van der Waals surface area contributed by atoms with Crippen molar-refractivity contribution >= 4 is 19.9 Å². The molecular weight excluding hydrogens is 352 g/mol. The molecule has 0 aromatic rings. The number of ketones is 2. The van der Waals surface area contributed by atoms with Crippen LogP contribution in [-0.4, -0.2) is 26.5 Å². The van der Waals surface area contributed by atoms with Crippen molar-refractivity contribution in [1.82, 2.24) is 0 Å². The second kappa shape index (κ2) is 10.3. The van der Waals surface area contributed by atoms with E-state index in [0.717, 1.165) is 19.3 Å². The summed E-state index contributed by atoms with van der Waals surface area (Å²) in [5.41, 5.74) is 1.69. The lowest BCUT2D eigenvalue weighted by Crippen LogP contribution is -2.49. The SMILES string of the molecule is CC(=O)CC[C@@H]1C(=O)[C@H]([C@@H](C)CO[Si](C(C)C)(C(C)C)C(C)C)CC[C@H]1C. The molecule has 1 aliphatic carbocycles. The highest BCUT2D eigenvalue weighted by Crippen LogP contribution is 2.43. The molecule has 0 bridgehead atoms. The maximum Gasteiger partial charge on any atom is 0.200 e. The van der Waals surface area contributed by atoms with Gasteiger partial charge in [0, 0.05) is 24.9 Å². The standard InChI is InChI=1S/C23H44O3Si/c1-15(2)27(16(3)4,17(5)6)26-14-19(8)22-12-10-18(7)21(23(22)25)13-11-20(9)24/h15-19,21-22H,10-14H2,1-9H3/t18-,19+,21+,22+/m1/s1. The number of carbonyl (C=O) groups is 2. The molecule has 1 fully saturated rings. The Bertz CT molecular complexity index is 476. The first-order valence-electron chi connectivity index (χ1n) is 11.1. The third kappa shape index (κ3) is 5.76. The Labute approximate surface area is 169 Å². The molecule has 0 radical (unpaired) electrons. The average Bonchev–Trinajstić information content (AvgIpc) is 2.53. The van der Waals surface area contributed by atoms with Gasteiger partial charge in [0.2, 0.25) is 0 Å². The maximum atomic E-state index is 13.2. The van der Waals surface area contributed by atoms with E-state index in [-0.39, 0.29) is 23.5 Å². The van der Waals surface area contributed by atoms with Gasteiger partial charge in [-0.25, -0.2) is 0 Å². The maximum absolute atomic E-state index is 13.2. The van der Waals surface area contributed by atoms with Crippen LogP contribution in [0, 0.1) is 23.7 Å². The van der Waals surface area contributed by atoms with Gasteiger partial charge in [0.1, 0.15) is 11.6 Å². The molecule has 0 saturated heterocycles. The van der Waals surface area contributed by atoms with Crippen molar-refractivity contribution in [3.8, 4) is 0 Å². The van der Waals surface area contributed by atoms with Crippen molar-refractivity contribution in [1.29, 1.82) is 0 Å². The van der Waals surface area contributed by atoms with E-state index in [2.05, 4.69) is 55.4 Å². The number of hydrogen-bond donors (Lipinski definition) is 0. The largest absolute Gasteiger partial charge is 0.416 e. The highest BCUT2D eigenvalue weighted by atomic mass is 28.4. The van der Waals surface area contributed by atoms with Crippen LogP contribution >= 0.6 is 0 Å². The minimum Gasteiger partial charge on any atom is -0.416 e. The summed E-state index contributed by atoms with van der Waals surface area (Å²) in [5, 5.41) is 0. The number of hydrogen-bond acceptors (Lipinski definition) is 3. The zero-order valence-electron chi connectivity index (χ0n) is 19.3. The fourth-order valence-corrected chi connectivity index (χ4v) is 11.1. The second-order valence-electron chi connectivity index (χ2n) is 10.0. The topological polar surface area (TPSA) is 43.4 Å². The quantitative estimate of drug-likeness (QED) is 0.400. The van der Waals surface area contributed by atoms with Gasteiger partial charge < -0.3 is 9.22 Å². The molecule has 0 aromatic carbocycles. The molecule has 1 saturated carbocycles. The Morgan fingerprint density at radius 1 is 1.04 bits per heavy atom. The minimum atomic E-state index is -1.89. The smallest absolute Gasteiger partial charge is 0.200 e. The molecule has 0 amide bonds. The Morgan fingerprint density at radius 3 is 2.00 bits per heavy atom. The van der Waals surface area contributed by atoms with E-state index in [1.54, 1.807) is 6.92 Å². The van der Waals surface area contributed by atoms with Crippen LogP contribution in [0.4, 0.5) is 0 Å². The minimum absolute atomic E-state index is 0.0531. The summed E-state index contributed by atoms with van der Waals surface area (Å²) in [6, 6.07) is 0. The Hall–Kier alpha value is -0.483.